The van der Waals surface area contributed by atoms with Gasteiger partial charge in [0.2, 0.25) is 0 Å². The van der Waals surface area contributed by atoms with Crippen molar-refractivity contribution in [3.63, 3.8) is 0 Å². The summed E-state index contributed by atoms with van der Waals surface area (Å²) in [5.41, 5.74) is 0. The number of hydrogen-bond donors (Lipinski definition) is 1. The Balaban J connectivity index is 3.73. The first-order chi connectivity index (χ1) is 4.57. The zero-order valence-corrected chi connectivity index (χ0v) is 5.96. The summed E-state index contributed by atoms with van der Waals surface area (Å²) < 4.78 is 4.60. The van der Waals surface area contributed by atoms with E-state index in [-0.39, 0.29) is 0 Å². The van der Waals surface area contributed by atoms with Crippen LogP contribution in [0.2, 0.25) is 0 Å². The third kappa shape index (κ3) is 3.19. The van der Waals surface area contributed by atoms with Gasteiger partial charge in [0.1, 0.15) is 12.5 Å². The largest absolute Gasteiger partial charge is 0.481 e. The predicted molar refractivity (Wildman–Crippen MR) is 33.7 cm³/mol. The van der Waals surface area contributed by atoms with E-state index in [9.17, 15) is 9.59 Å². The third-order valence-electron chi connectivity index (χ3n) is 1.13. The molecule has 0 heterocycles. The van der Waals surface area contributed by atoms with Crippen molar-refractivity contribution in [2.75, 3.05) is 7.11 Å². The van der Waals surface area contributed by atoms with E-state index >= 15 is 0 Å². The van der Waals surface area contributed by atoms with Crippen molar-refractivity contribution in [3.05, 3.63) is 0 Å². The number of aliphatic carboxylic acids is 1. The highest BCUT2D eigenvalue weighted by Gasteiger charge is 2.14. The van der Waals surface area contributed by atoms with E-state index in [0.717, 1.165) is 0 Å². The topological polar surface area (TPSA) is 63.6 Å². The van der Waals surface area contributed by atoms with E-state index < -0.39 is 24.3 Å². The normalized spacial score (nSPS) is 12.6. The Bertz CT molecular complexity index is 141. The molecule has 0 unspecified atom stereocenters. The number of rotatable bonds is 4. The van der Waals surface area contributed by atoms with Gasteiger partial charge >= 0.3 is 5.97 Å². The van der Waals surface area contributed by atoms with Crippen LogP contribution in [0.4, 0.5) is 0 Å². The smallest absolute Gasteiger partial charge is 0.310 e. The van der Waals surface area contributed by atoms with Gasteiger partial charge in [-0.1, -0.05) is 0 Å². The Labute approximate surface area is 58.8 Å². The quantitative estimate of drug-likeness (QED) is 0.570. The molecule has 0 rings (SSSR count). The number of carbonyl (C=O) groups is 2. The van der Waals surface area contributed by atoms with Crippen LogP contribution >= 0.6 is 0 Å². The van der Waals surface area contributed by atoms with Crippen LogP contribution in [0.5, 0.6) is 0 Å². The summed E-state index contributed by atoms with van der Waals surface area (Å²) in [4.78, 5) is 20.6. The first kappa shape index (κ1) is 9.10. The number of carboxylic acids is 1. The molecule has 1 atom stereocenters. The standard InChI is InChI=1S/C6H10O4/c1-4(10-2)5(7)3-6(8)9/h4H,3H2,1-2H3,(H,8,9)/t4-/m0/s1. The zero-order valence-electron chi connectivity index (χ0n) is 5.96. The average molecular weight is 146 g/mol. The molecule has 0 amide bonds. The van der Waals surface area contributed by atoms with Gasteiger partial charge in [-0.05, 0) is 6.92 Å². The Hall–Kier alpha value is -0.900. The maximum atomic E-state index is 10.7. The van der Waals surface area contributed by atoms with E-state index in [1.165, 1.54) is 14.0 Å². The van der Waals surface area contributed by atoms with Gasteiger partial charge in [0, 0.05) is 7.11 Å². The van der Waals surface area contributed by atoms with Crippen LogP contribution < -0.4 is 0 Å². The lowest BCUT2D eigenvalue weighted by Gasteiger charge is -2.04. The second-order valence-corrected chi connectivity index (χ2v) is 1.91. The summed E-state index contributed by atoms with van der Waals surface area (Å²) in [6, 6.07) is 0. The second kappa shape index (κ2) is 4.00. The molecule has 0 aliphatic heterocycles. The SMILES string of the molecule is CO[C@@H](C)C(=O)CC(=O)O. The molecule has 0 aliphatic carbocycles. The minimum absolute atomic E-state index is 0.407. The lowest BCUT2D eigenvalue weighted by Crippen LogP contribution is -2.21. The molecule has 4 heteroatoms. The van der Waals surface area contributed by atoms with Crippen LogP contribution in [-0.2, 0) is 14.3 Å². The summed E-state index contributed by atoms with van der Waals surface area (Å²) in [5, 5.41) is 8.15. The Morgan fingerprint density at radius 2 is 2.10 bits per heavy atom. The van der Waals surface area contributed by atoms with Crippen LogP contribution in [-0.4, -0.2) is 30.1 Å². The van der Waals surface area contributed by atoms with Gasteiger partial charge in [0.15, 0.2) is 5.78 Å². The lowest BCUT2D eigenvalue weighted by atomic mass is 10.2. The summed E-state index contributed by atoms with van der Waals surface area (Å²) in [7, 11) is 1.37. The van der Waals surface area contributed by atoms with Gasteiger partial charge in [-0.25, -0.2) is 0 Å². The molecule has 0 aromatic rings. The van der Waals surface area contributed by atoms with E-state index in [2.05, 4.69) is 4.74 Å². The summed E-state index contributed by atoms with van der Waals surface area (Å²) in [5.74, 6) is -1.52. The molecule has 0 bridgehead atoms. The molecule has 58 valence electrons. The van der Waals surface area contributed by atoms with Gasteiger partial charge in [0.25, 0.3) is 0 Å². The maximum Gasteiger partial charge on any atom is 0.310 e. The first-order valence-corrected chi connectivity index (χ1v) is 2.85. The fourth-order valence-corrected chi connectivity index (χ4v) is 0.424. The lowest BCUT2D eigenvalue weighted by molar-refractivity contribution is -0.142. The van der Waals surface area contributed by atoms with Crippen LogP contribution in [0.1, 0.15) is 13.3 Å². The number of ether oxygens (including phenoxy) is 1. The molecule has 0 saturated heterocycles. The molecule has 0 aliphatic rings. The average Bonchev–Trinajstić information content (AvgIpc) is 1.85. The molecule has 0 aromatic heterocycles. The van der Waals surface area contributed by atoms with Gasteiger partial charge in [-0.3, -0.25) is 9.59 Å². The second-order valence-electron chi connectivity index (χ2n) is 1.91. The van der Waals surface area contributed by atoms with Crippen LogP contribution in [0.3, 0.4) is 0 Å². The first-order valence-electron chi connectivity index (χ1n) is 2.85. The molecule has 0 saturated carbocycles. The molecule has 1 N–H and O–H groups in total. The van der Waals surface area contributed by atoms with Crippen molar-refractivity contribution < 1.29 is 19.4 Å². The Morgan fingerprint density at radius 3 is 2.40 bits per heavy atom. The van der Waals surface area contributed by atoms with Gasteiger partial charge < -0.3 is 9.84 Å². The van der Waals surface area contributed by atoms with Crippen LogP contribution in [0.15, 0.2) is 0 Å². The summed E-state index contributed by atoms with van der Waals surface area (Å²) >= 11 is 0. The molecule has 0 fully saturated rings. The molecule has 0 spiro atoms. The minimum atomic E-state index is -1.12. The van der Waals surface area contributed by atoms with E-state index in [0.29, 0.717) is 0 Å². The maximum absolute atomic E-state index is 10.7. The highest BCUT2D eigenvalue weighted by Crippen LogP contribution is 1.94. The number of methoxy groups -OCH3 is 1. The fraction of sp³-hybridized carbons (Fsp3) is 0.667. The van der Waals surface area contributed by atoms with E-state index in [1.54, 1.807) is 0 Å². The number of carbonyl (C=O) groups excluding carboxylic acids is 1. The third-order valence-corrected chi connectivity index (χ3v) is 1.13. The predicted octanol–water partition coefficient (Wildman–Crippen LogP) is 0.0651. The van der Waals surface area contributed by atoms with E-state index in [4.69, 9.17) is 5.11 Å². The molecular weight excluding hydrogens is 136 g/mol. The van der Waals surface area contributed by atoms with Crippen LogP contribution in [0.25, 0.3) is 0 Å². The highest BCUT2D eigenvalue weighted by atomic mass is 16.5. The van der Waals surface area contributed by atoms with Crippen molar-refractivity contribution in [2.45, 2.75) is 19.4 Å². The van der Waals surface area contributed by atoms with E-state index in [1.807, 2.05) is 0 Å². The van der Waals surface area contributed by atoms with Crippen molar-refractivity contribution in [1.82, 2.24) is 0 Å². The van der Waals surface area contributed by atoms with Gasteiger partial charge in [0.05, 0.1) is 0 Å². The Kier molecular flexibility index (Phi) is 3.64. The summed E-state index contributed by atoms with van der Waals surface area (Å²) in [6.45, 7) is 1.52. The van der Waals surface area contributed by atoms with Gasteiger partial charge in [-0.15, -0.1) is 0 Å². The number of Topliss-reactive ketones (excluding diaryl/α,β-unsaturated/α-hetero) is 1. The zero-order chi connectivity index (χ0) is 8.15. The van der Waals surface area contributed by atoms with Crippen molar-refractivity contribution in [3.8, 4) is 0 Å². The van der Waals surface area contributed by atoms with Crippen molar-refractivity contribution >= 4 is 11.8 Å². The molecule has 4 nitrogen and oxygen atoms in total. The van der Waals surface area contributed by atoms with Crippen LogP contribution in [0, 0.1) is 0 Å². The highest BCUT2D eigenvalue weighted by molar-refractivity contribution is 5.96. The molecular formula is C6H10O4. The summed E-state index contributed by atoms with van der Waals surface area (Å²) in [6.07, 6.45) is -1.08. The Morgan fingerprint density at radius 1 is 1.60 bits per heavy atom. The molecule has 0 aromatic carbocycles. The number of carboxylic acid groups (broad SMARTS) is 1. The fourth-order valence-electron chi connectivity index (χ4n) is 0.424. The molecule has 0 radical (unpaired) electrons. The monoisotopic (exact) mass is 146 g/mol. The van der Waals surface area contributed by atoms with Gasteiger partial charge in [-0.2, -0.15) is 0 Å². The number of hydrogen-bond acceptors (Lipinski definition) is 3. The number of ketones is 1. The minimum Gasteiger partial charge on any atom is -0.481 e. The van der Waals surface area contributed by atoms with Crippen molar-refractivity contribution in [2.24, 2.45) is 0 Å². The van der Waals surface area contributed by atoms with Crippen molar-refractivity contribution in [1.29, 1.82) is 0 Å². The molecule has 10 heavy (non-hydrogen) atoms.